The van der Waals surface area contributed by atoms with Gasteiger partial charge in [0, 0.05) is 44.6 Å². The Labute approximate surface area is 170 Å². The van der Waals surface area contributed by atoms with E-state index in [1.807, 2.05) is 31.5 Å². The number of aromatic nitrogens is 1. The van der Waals surface area contributed by atoms with Crippen LogP contribution in [-0.2, 0) is 6.54 Å². The van der Waals surface area contributed by atoms with E-state index in [-0.39, 0.29) is 29.7 Å². The summed E-state index contributed by atoms with van der Waals surface area (Å²) in [6.45, 7) is 5.41. The van der Waals surface area contributed by atoms with Crippen LogP contribution in [0, 0.1) is 10.1 Å². The van der Waals surface area contributed by atoms with Crippen molar-refractivity contribution in [3.63, 3.8) is 0 Å². The van der Waals surface area contributed by atoms with Crippen LogP contribution in [0.5, 0.6) is 0 Å². The lowest BCUT2D eigenvalue weighted by Gasteiger charge is -2.12. The molecular weight excluding hydrogens is 447 g/mol. The highest BCUT2D eigenvalue weighted by molar-refractivity contribution is 14.0. The SMILES string of the molecule is CCNC(=NCCNc1ccccc1[N+](=O)[O-])NCCn1cccc1.I. The van der Waals surface area contributed by atoms with Crippen LogP contribution in [0.1, 0.15) is 6.92 Å². The molecule has 0 unspecified atom stereocenters. The minimum atomic E-state index is -0.390. The van der Waals surface area contributed by atoms with E-state index >= 15 is 0 Å². The summed E-state index contributed by atoms with van der Waals surface area (Å²) >= 11 is 0. The Morgan fingerprint density at radius 1 is 1.15 bits per heavy atom. The fraction of sp³-hybridized carbons (Fsp3) is 0.353. The highest BCUT2D eigenvalue weighted by atomic mass is 127. The standard InChI is InChI=1S/C17H24N6O2.HI/c1-2-18-17(21-11-14-22-12-5-6-13-22)20-10-9-19-15-7-3-4-8-16(15)23(24)25;/h3-8,12-13,19H,2,9-11,14H2,1H3,(H2,18,20,21);1H. The van der Waals surface area contributed by atoms with E-state index in [9.17, 15) is 10.1 Å². The smallest absolute Gasteiger partial charge is 0.292 e. The average Bonchev–Trinajstić information content (AvgIpc) is 3.12. The molecule has 0 aliphatic carbocycles. The first kappa shape index (κ1) is 21.7. The first-order valence-electron chi connectivity index (χ1n) is 8.31. The summed E-state index contributed by atoms with van der Waals surface area (Å²) < 4.78 is 2.09. The second-order valence-corrected chi connectivity index (χ2v) is 5.31. The third-order valence-corrected chi connectivity index (χ3v) is 3.47. The monoisotopic (exact) mass is 472 g/mol. The number of nitrogens with one attached hydrogen (secondary N) is 3. The number of nitrogens with zero attached hydrogens (tertiary/aromatic N) is 3. The van der Waals surface area contributed by atoms with E-state index in [0.717, 1.165) is 25.6 Å². The van der Waals surface area contributed by atoms with E-state index in [4.69, 9.17) is 0 Å². The lowest BCUT2D eigenvalue weighted by Crippen LogP contribution is -2.39. The molecule has 1 heterocycles. The molecule has 1 aromatic carbocycles. The molecule has 1 aromatic heterocycles. The van der Waals surface area contributed by atoms with Gasteiger partial charge in [0.15, 0.2) is 5.96 Å². The molecule has 0 aliphatic rings. The zero-order valence-electron chi connectivity index (χ0n) is 14.7. The van der Waals surface area contributed by atoms with Gasteiger partial charge in [-0.25, -0.2) is 0 Å². The quantitative estimate of drug-likeness (QED) is 0.130. The number of halogens is 1. The van der Waals surface area contributed by atoms with Crippen molar-refractivity contribution in [3.05, 3.63) is 58.9 Å². The number of benzene rings is 1. The highest BCUT2D eigenvalue weighted by Crippen LogP contribution is 2.22. The Morgan fingerprint density at radius 2 is 1.88 bits per heavy atom. The molecule has 2 rings (SSSR count). The van der Waals surface area contributed by atoms with Crippen LogP contribution in [0.4, 0.5) is 11.4 Å². The van der Waals surface area contributed by atoms with Crippen molar-refractivity contribution < 1.29 is 4.92 Å². The molecule has 0 spiro atoms. The Kier molecular flexibility index (Phi) is 10.1. The van der Waals surface area contributed by atoms with Gasteiger partial charge in [-0.3, -0.25) is 15.1 Å². The van der Waals surface area contributed by atoms with Gasteiger partial charge in [-0.15, -0.1) is 24.0 Å². The average molecular weight is 472 g/mol. The molecule has 0 aliphatic heterocycles. The lowest BCUT2D eigenvalue weighted by atomic mass is 10.2. The van der Waals surface area contributed by atoms with Crippen molar-refractivity contribution in [3.8, 4) is 0 Å². The summed E-state index contributed by atoms with van der Waals surface area (Å²) in [6.07, 6.45) is 4.03. The number of hydrogen-bond acceptors (Lipinski definition) is 4. The third-order valence-electron chi connectivity index (χ3n) is 3.47. The maximum absolute atomic E-state index is 11.0. The number of anilines is 1. The van der Waals surface area contributed by atoms with Gasteiger partial charge < -0.3 is 20.5 Å². The van der Waals surface area contributed by atoms with Crippen LogP contribution in [0.15, 0.2) is 53.8 Å². The van der Waals surface area contributed by atoms with Crippen LogP contribution in [-0.4, -0.2) is 41.6 Å². The minimum Gasteiger partial charge on any atom is -0.378 e. The fourth-order valence-corrected chi connectivity index (χ4v) is 2.30. The van der Waals surface area contributed by atoms with Crippen LogP contribution in [0.3, 0.4) is 0 Å². The largest absolute Gasteiger partial charge is 0.378 e. The molecule has 26 heavy (non-hydrogen) atoms. The maximum Gasteiger partial charge on any atom is 0.292 e. The Bertz CT molecular complexity index is 690. The molecule has 0 amide bonds. The first-order chi connectivity index (χ1) is 12.2. The number of guanidine groups is 1. The van der Waals surface area contributed by atoms with Gasteiger partial charge in [0.25, 0.3) is 5.69 Å². The van der Waals surface area contributed by atoms with Gasteiger partial charge in [-0.1, -0.05) is 12.1 Å². The minimum absolute atomic E-state index is 0. The normalized spacial score (nSPS) is 10.7. The van der Waals surface area contributed by atoms with Crippen molar-refractivity contribution >= 4 is 41.3 Å². The summed E-state index contributed by atoms with van der Waals surface area (Å²) in [7, 11) is 0. The molecule has 0 saturated carbocycles. The van der Waals surface area contributed by atoms with Crippen LogP contribution in [0.2, 0.25) is 0 Å². The molecule has 0 bridgehead atoms. The topological polar surface area (TPSA) is 96.5 Å². The Balaban J connectivity index is 0.00000338. The van der Waals surface area contributed by atoms with E-state index in [1.165, 1.54) is 6.07 Å². The summed E-state index contributed by atoms with van der Waals surface area (Å²) in [5.41, 5.74) is 0.580. The Morgan fingerprint density at radius 3 is 2.58 bits per heavy atom. The van der Waals surface area contributed by atoms with Gasteiger partial charge in [-0.05, 0) is 25.1 Å². The van der Waals surface area contributed by atoms with E-state index < -0.39 is 4.92 Å². The van der Waals surface area contributed by atoms with Gasteiger partial charge in [-0.2, -0.15) is 0 Å². The summed E-state index contributed by atoms with van der Waals surface area (Å²) in [6, 6.07) is 10.6. The maximum atomic E-state index is 11.0. The molecule has 2 aromatic rings. The zero-order chi connectivity index (χ0) is 17.9. The summed E-state index contributed by atoms with van der Waals surface area (Å²) in [5, 5.41) is 20.5. The molecule has 0 fully saturated rings. The Hall–Kier alpha value is -2.30. The molecule has 142 valence electrons. The van der Waals surface area contributed by atoms with Crippen LogP contribution < -0.4 is 16.0 Å². The number of nitro groups is 1. The van der Waals surface area contributed by atoms with Crippen molar-refractivity contribution in [1.29, 1.82) is 0 Å². The summed E-state index contributed by atoms with van der Waals surface area (Å²) in [4.78, 5) is 15.1. The highest BCUT2D eigenvalue weighted by Gasteiger charge is 2.10. The third kappa shape index (κ3) is 7.30. The summed E-state index contributed by atoms with van der Waals surface area (Å²) in [5.74, 6) is 0.735. The number of hydrogen-bond donors (Lipinski definition) is 3. The number of para-hydroxylation sites is 2. The van der Waals surface area contributed by atoms with Gasteiger partial charge >= 0.3 is 0 Å². The van der Waals surface area contributed by atoms with E-state index in [0.29, 0.717) is 18.8 Å². The van der Waals surface area contributed by atoms with E-state index in [1.54, 1.807) is 18.2 Å². The predicted molar refractivity (Wildman–Crippen MR) is 115 cm³/mol. The van der Waals surface area contributed by atoms with Crippen molar-refractivity contribution in [1.82, 2.24) is 15.2 Å². The molecule has 3 N–H and O–H groups in total. The predicted octanol–water partition coefficient (Wildman–Crippen LogP) is 2.68. The molecule has 0 saturated heterocycles. The van der Waals surface area contributed by atoms with Crippen molar-refractivity contribution in [2.75, 3.05) is 31.5 Å². The molecule has 0 radical (unpaired) electrons. The van der Waals surface area contributed by atoms with Crippen LogP contribution >= 0.6 is 24.0 Å². The first-order valence-corrected chi connectivity index (χ1v) is 8.31. The molecule has 0 atom stereocenters. The number of nitro benzene ring substituents is 1. The zero-order valence-corrected chi connectivity index (χ0v) is 17.1. The second kappa shape index (κ2) is 12.1. The number of rotatable bonds is 9. The van der Waals surface area contributed by atoms with E-state index in [2.05, 4.69) is 25.5 Å². The van der Waals surface area contributed by atoms with Gasteiger partial charge in [0.1, 0.15) is 5.69 Å². The second-order valence-electron chi connectivity index (χ2n) is 5.31. The van der Waals surface area contributed by atoms with Gasteiger partial charge in [0.05, 0.1) is 11.5 Å². The molecule has 9 heteroatoms. The fourth-order valence-electron chi connectivity index (χ4n) is 2.30. The molecule has 8 nitrogen and oxygen atoms in total. The van der Waals surface area contributed by atoms with Gasteiger partial charge in [0.2, 0.25) is 0 Å². The van der Waals surface area contributed by atoms with Crippen molar-refractivity contribution in [2.45, 2.75) is 13.5 Å². The lowest BCUT2D eigenvalue weighted by molar-refractivity contribution is -0.384. The van der Waals surface area contributed by atoms with Crippen molar-refractivity contribution in [2.24, 2.45) is 4.99 Å². The van der Waals surface area contributed by atoms with Crippen LogP contribution in [0.25, 0.3) is 0 Å². The molecular formula is C17H25IN6O2. The number of aliphatic imine (C=N–C) groups is 1.